The lowest BCUT2D eigenvalue weighted by Gasteiger charge is -2.14. The first-order valence-electron chi connectivity index (χ1n) is 5.75. The van der Waals surface area contributed by atoms with Crippen molar-refractivity contribution < 1.29 is 4.79 Å². The van der Waals surface area contributed by atoms with Crippen LogP contribution in [-0.2, 0) is 11.2 Å². The van der Waals surface area contributed by atoms with Gasteiger partial charge < -0.3 is 11.1 Å². The van der Waals surface area contributed by atoms with Gasteiger partial charge in [0.15, 0.2) is 0 Å². The average Bonchev–Trinajstić information content (AvgIpc) is 2.30. The molecule has 0 aromatic heterocycles. The topological polar surface area (TPSA) is 55.1 Å². The predicted molar refractivity (Wildman–Crippen MR) is 66.0 cm³/mol. The lowest BCUT2D eigenvalue weighted by Crippen LogP contribution is -2.32. The summed E-state index contributed by atoms with van der Waals surface area (Å²) in [6.07, 6.45) is 2.25. The number of rotatable bonds is 5. The highest BCUT2D eigenvalue weighted by Crippen LogP contribution is 2.14. The van der Waals surface area contributed by atoms with Crippen LogP contribution in [0.4, 0.5) is 0 Å². The smallest absolute Gasteiger partial charge is 0.234 e. The minimum Gasteiger partial charge on any atom is -0.348 e. The van der Waals surface area contributed by atoms with Crippen LogP contribution in [0.3, 0.4) is 0 Å². The van der Waals surface area contributed by atoms with E-state index in [1.165, 1.54) is 5.56 Å². The van der Waals surface area contributed by atoms with Crippen LogP contribution in [0.5, 0.6) is 0 Å². The summed E-state index contributed by atoms with van der Waals surface area (Å²) in [5.41, 5.74) is 7.70. The van der Waals surface area contributed by atoms with Gasteiger partial charge in [0, 0.05) is 0 Å². The lowest BCUT2D eigenvalue weighted by molar-refractivity contribution is -0.120. The molecule has 3 N–H and O–H groups in total. The number of hydrogen-bond donors (Lipinski definition) is 2. The monoisotopic (exact) mass is 220 g/mol. The number of carbonyl (C=O) groups is 1. The van der Waals surface area contributed by atoms with E-state index in [-0.39, 0.29) is 18.5 Å². The van der Waals surface area contributed by atoms with Crippen molar-refractivity contribution >= 4 is 5.91 Å². The Morgan fingerprint density at radius 1 is 1.38 bits per heavy atom. The van der Waals surface area contributed by atoms with Gasteiger partial charge in [-0.3, -0.25) is 4.79 Å². The summed E-state index contributed by atoms with van der Waals surface area (Å²) in [5.74, 6) is -0.120. The Labute approximate surface area is 97.0 Å². The molecule has 0 aliphatic heterocycles. The van der Waals surface area contributed by atoms with E-state index < -0.39 is 0 Å². The molecular formula is C13H20N2O. The van der Waals surface area contributed by atoms with Gasteiger partial charge in [0.2, 0.25) is 5.91 Å². The number of carbonyl (C=O) groups excluding carboxylic acids is 1. The summed E-state index contributed by atoms with van der Waals surface area (Å²) in [5, 5.41) is 2.83. The van der Waals surface area contributed by atoms with Crippen LogP contribution in [0, 0.1) is 0 Å². The molecule has 0 saturated carbocycles. The number of nitrogens with one attached hydrogen (secondary N) is 1. The predicted octanol–water partition coefficient (Wildman–Crippen LogP) is 1.77. The fourth-order valence-corrected chi connectivity index (χ4v) is 1.65. The third kappa shape index (κ3) is 3.66. The fraction of sp³-hybridized carbons (Fsp3) is 0.462. The van der Waals surface area contributed by atoms with E-state index in [0.29, 0.717) is 0 Å². The minimum absolute atomic E-state index is 0.0201. The summed E-state index contributed by atoms with van der Waals surface area (Å²) >= 11 is 0. The van der Waals surface area contributed by atoms with Crippen molar-refractivity contribution in [2.75, 3.05) is 6.54 Å². The molecule has 1 unspecified atom stereocenters. The summed E-state index contributed by atoms with van der Waals surface area (Å²) in [4.78, 5) is 11.1. The van der Waals surface area contributed by atoms with Crippen molar-refractivity contribution in [2.24, 2.45) is 5.73 Å². The maximum Gasteiger partial charge on any atom is 0.234 e. The van der Waals surface area contributed by atoms with E-state index in [4.69, 9.17) is 5.73 Å². The Balaban J connectivity index is 2.62. The van der Waals surface area contributed by atoms with Crippen LogP contribution < -0.4 is 11.1 Å². The molecule has 1 aromatic carbocycles. The van der Waals surface area contributed by atoms with E-state index in [2.05, 4.69) is 36.5 Å². The lowest BCUT2D eigenvalue weighted by atomic mass is 10.0. The second-order valence-corrected chi connectivity index (χ2v) is 3.98. The highest BCUT2D eigenvalue weighted by Gasteiger charge is 2.07. The number of nitrogens with two attached hydrogens (primary N) is 1. The van der Waals surface area contributed by atoms with Crippen molar-refractivity contribution in [1.29, 1.82) is 0 Å². The molecule has 1 amide bonds. The van der Waals surface area contributed by atoms with Crippen LogP contribution in [0.15, 0.2) is 24.3 Å². The number of benzene rings is 1. The molecule has 88 valence electrons. The zero-order chi connectivity index (χ0) is 12.0. The Morgan fingerprint density at radius 3 is 2.50 bits per heavy atom. The zero-order valence-electron chi connectivity index (χ0n) is 9.99. The van der Waals surface area contributed by atoms with E-state index in [1.54, 1.807) is 0 Å². The first kappa shape index (κ1) is 12.7. The first-order valence-corrected chi connectivity index (χ1v) is 5.75. The summed E-state index contributed by atoms with van der Waals surface area (Å²) in [7, 11) is 0. The van der Waals surface area contributed by atoms with E-state index in [1.807, 2.05) is 6.92 Å². The SMILES string of the molecule is CCCc1ccc(C(C)NC(=O)CN)cc1. The highest BCUT2D eigenvalue weighted by molar-refractivity contribution is 5.78. The second kappa shape index (κ2) is 6.28. The van der Waals surface area contributed by atoms with Crippen LogP contribution in [-0.4, -0.2) is 12.5 Å². The Bertz CT molecular complexity index is 332. The molecular weight excluding hydrogens is 200 g/mol. The normalized spacial score (nSPS) is 12.2. The maximum atomic E-state index is 11.1. The molecule has 0 bridgehead atoms. The van der Waals surface area contributed by atoms with Crippen LogP contribution in [0.25, 0.3) is 0 Å². The molecule has 0 radical (unpaired) electrons. The van der Waals surface area contributed by atoms with E-state index >= 15 is 0 Å². The minimum atomic E-state index is -0.120. The Hall–Kier alpha value is -1.35. The summed E-state index contributed by atoms with van der Waals surface area (Å²) < 4.78 is 0. The average molecular weight is 220 g/mol. The van der Waals surface area contributed by atoms with Crippen molar-refractivity contribution in [3.05, 3.63) is 35.4 Å². The third-order valence-electron chi connectivity index (χ3n) is 2.58. The maximum absolute atomic E-state index is 11.1. The van der Waals surface area contributed by atoms with Gasteiger partial charge in [-0.1, -0.05) is 37.6 Å². The molecule has 0 aliphatic carbocycles. The van der Waals surface area contributed by atoms with Crippen molar-refractivity contribution in [2.45, 2.75) is 32.7 Å². The number of aryl methyl sites for hydroxylation is 1. The van der Waals surface area contributed by atoms with Crippen LogP contribution in [0.2, 0.25) is 0 Å². The van der Waals surface area contributed by atoms with Gasteiger partial charge in [-0.2, -0.15) is 0 Å². The first-order chi connectivity index (χ1) is 7.67. The largest absolute Gasteiger partial charge is 0.348 e. The van der Waals surface area contributed by atoms with E-state index in [0.717, 1.165) is 18.4 Å². The zero-order valence-corrected chi connectivity index (χ0v) is 9.99. The third-order valence-corrected chi connectivity index (χ3v) is 2.58. The molecule has 3 heteroatoms. The van der Waals surface area contributed by atoms with E-state index in [9.17, 15) is 4.79 Å². The molecule has 0 saturated heterocycles. The molecule has 0 heterocycles. The van der Waals surface area contributed by atoms with Gasteiger partial charge in [-0.15, -0.1) is 0 Å². The molecule has 16 heavy (non-hydrogen) atoms. The number of hydrogen-bond acceptors (Lipinski definition) is 2. The van der Waals surface area contributed by atoms with Gasteiger partial charge in [0.1, 0.15) is 0 Å². The number of amides is 1. The van der Waals surface area contributed by atoms with Crippen LogP contribution in [0.1, 0.15) is 37.4 Å². The fourth-order valence-electron chi connectivity index (χ4n) is 1.65. The molecule has 0 aliphatic rings. The highest BCUT2D eigenvalue weighted by atomic mass is 16.1. The molecule has 3 nitrogen and oxygen atoms in total. The summed E-state index contributed by atoms with van der Waals surface area (Å²) in [6, 6.07) is 8.37. The Kier molecular flexibility index (Phi) is 4.99. The van der Waals surface area contributed by atoms with Gasteiger partial charge in [-0.25, -0.2) is 0 Å². The molecule has 0 spiro atoms. The van der Waals surface area contributed by atoms with Crippen molar-refractivity contribution in [1.82, 2.24) is 5.32 Å². The van der Waals surface area contributed by atoms with Crippen molar-refractivity contribution in [3.63, 3.8) is 0 Å². The van der Waals surface area contributed by atoms with Crippen LogP contribution >= 0.6 is 0 Å². The molecule has 1 rings (SSSR count). The quantitative estimate of drug-likeness (QED) is 0.794. The van der Waals surface area contributed by atoms with Gasteiger partial charge in [0.05, 0.1) is 12.6 Å². The summed E-state index contributed by atoms with van der Waals surface area (Å²) in [6.45, 7) is 4.17. The van der Waals surface area contributed by atoms with Gasteiger partial charge in [-0.05, 0) is 24.5 Å². The second-order valence-electron chi connectivity index (χ2n) is 3.98. The van der Waals surface area contributed by atoms with Gasteiger partial charge >= 0.3 is 0 Å². The van der Waals surface area contributed by atoms with Crippen molar-refractivity contribution in [3.8, 4) is 0 Å². The molecule has 1 aromatic rings. The van der Waals surface area contributed by atoms with Gasteiger partial charge in [0.25, 0.3) is 0 Å². The molecule has 0 fully saturated rings. The Morgan fingerprint density at radius 2 is 2.00 bits per heavy atom. The molecule has 1 atom stereocenters. The standard InChI is InChI=1S/C13H20N2O/c1-3-4-11-5-7-12(8-6-11)10(2)15-13(16)9-14/h5-8,10H,3-4,9,14H2,1-2H3,(H,15,16).